The molecule has 0 radical (unpaired) electrons. The van der Waals surface area contributed by atoms with Crippen LogP contribution in [0.25, 0.3) is 16.6 Å². The predicted octanol–water partition coefficient (Wildman–Crippen LogP) is 4.37. The van der Waals surface area contributed by atoms with Gasteiger partial charge in [0.2, 0.25) is 11.8 Å². The highest BCUT2D eigenvalue weighted by atomic mass is 32.1. The van der Waals surface area contributed by atoms with Crippen LogP contribution in [0.15, 0.2) is 45.8 Å². The molecule has 1 atom stereocenters. The summed E-state index contributed by atoms with van der Waals surface area (Å²) >= 11 is 3.03. The highest BCUT2D eigenvalue weighted by Gasteiger charge is 2.31. The summed E-state index contributed by atoms with van der Waals surface area (Å²) in [7, 11) is 0. The maximum Gasteiger partial charge on any atom is 0.265 e. The molecule has 0 aliphatic carbocycles. The van der Waals surface area contributed by atoms with Crippen LogP contribution in [0.1, 0.15) is 40.0 Å². The van der Waals surface area contributed by atoms with Gasteiger partial charge in [0.15, 0.2) is 5.13 Å². The number of carbonyl (C=O) groups is 1. The third-order valence-electron chi connectivity index (χ3n) is 5.07. The molecule has 1 fully saturated rings. The van der Waals surface area contributed by atoms with E-state index in [1.165, 1.54) is 11.3 Å². The Morgan fingerprint density at radius 1 is 1.28 bits per heavy atom. The molecular weight excluding hydrogens is 406 g/mol. The number of thiazole rings is 1. The van der Waals surface area contributed by atoms with Crippen LogP contribution in [0.3, 0.4) is 0 Å². The molecule has 1 amide bonds. The highest BCUT2D eigenvalue weighted by molar-refractivity contribution is 7.16. The average molecular weight is 426 g/mol. The lowest BCUT2D eigenvalue weighted by atomic mass is 9.98. The van der Waals surface area contributed by atoms with Gasteiger partial charge >= 0.3 is 0 Å². The van der Waals surface area contributed by atoms with Crippen molar-refractivity contribution in [1.82, 2.24) is 24.6 Å². The van der Waals surface area contributed by atoms with Gasteiger partial charge in [-0.1, -0.05) is 11.3 Å². The molecule has 29 heavy (non-hydrogen) atoms. The van der Waals surface area contributed by atoms with E-state index >= 15 is 0 Å². The molecular formula is C20H19N5O2S2. The molecule has 1 saturated heterocycles. The molecule has 0 saturated carbocycles. The smallest absolute Gasteiger partial charge is 0.265 e. The van der Waals surface area contributed by atoms with E-state index in [1.54, 1.807) is 11.3 Å². The number of aromatic nitrogens is 4. The molecule has 148 valence electrons. The topological polar surface area (TPSA) is 77.1 Å². The first-order valence-corrected chi connectivity index (χ1v) is 11.2. The van der Waals surface area contributed by atoms with Crippen LogP contribution in [0.5, 0.6) is 0 Å². The normalized spacial score (nSPS) is 17.0. The standard InChI is InChI=1S/C20H19N5O2S2/c1-13-16(29-20(21-13)24-7-2-3-8-24)19(26)25-9-4-5-14(11-25)17-22-23-18(27-17)15-6-10-28-12-15/h2-3,6-8,10,12,14H,4-5,9,11H2,1H3/t14-/m0/s1. The van der Waals surface area contributed by atoms with Gasteiger partial charge in [0.05, 0.1) is 11.6 Å². The molecule has 0 unspecified atom stereocenters. The van der Waals surface area contributed by atoms with Crippen molar-refractivity contribution < 1.29 is 9.21 Å². The molecule has 0 spiro atoms. The SMILES string of the molecule is Cc1nc(-n2cccc2)sc1C(=O)N1CCC[C@H](c2nnc(-c3ccsc3)o2)C1. The van der Waals surface area contributed by atoms with Crippen LogP contribution >= 0.6 is 22.7 Å². The molecule has 0 bridgehead atoms. The van der Waals surface area contributed by atoms with E-state index in [0.29, 0.717) is 23.2 Å². The molecule has 1 aliphatic heterocycles. The van der Waals surface area contributed by atoms with E-state index in [-0.39, 0.29) is 11.8 Å². The van der Waals surface area contributed by atoms with Gasteiger partial charge < -0.3 is 13.9 Å². The summed E-state index contributed by atoms with van der Waals surface area (Å²) in [6.45, 7) is 3.21. The van der Waals surface area contributed by atoms with Crippen LogP contribution < -0.4 is 0 Å². The first-order valence-electron chi connectivity index (χ1n) is 9.45. The van der Waals surface area contributed by atoms with Gasteiger partial charge in [-0.2, -0.15) is 11.3 Å². The molecule has 0 aromatic carbocycles. The molecule has 7 nitrogen and oxygen atoms in total. The van der Waals surface area contributed by atoms with E-state index < -0.39 is 0 Å². The van der Waals surface area contributed by atoms with Crippen molar-refractivity contribution in [1.29, 1.82) is 0 Å². The van der Waals surface area contributed by atoms with Gasteiger partial charge in [-0.15, -0.1) is 10.2 Å². The van der Waals surface area contributed by atoms with E-state index in [1.807, 2.05) is 57.7 Å². The van der Waals surface area contributed by atoms with Gasteiger partial charge in [-0.3, -0.25) is 4.79 Å². The van der Waals surface area contributed by atoms with Crippen LogP contribution in [-0.2, 0) is 0 Å². The molecule has 0 N–H and O–H groups in total. The Balaban J connectivity index is 1.34. The monoisotopic (exact) mass is 425 g/mol. The van der Waals surface area contributed by atoms with Crippen molar-refractivity contribution in [2.75, 3.05) is 13.1 Å². The molecule has 5 rings (SSSR count). The zero-order valence-electron chi connectivity index (χ0n) is 15.8. The van der Waals surface area contributed by atoms with Gasteiger partial charge in [0.25, 0.3) is 5.91 Å². The number of likely N-dealkylation sites (tertiary alicyclic amines) is 1. The van der Waals surface area contributed by atoms with Crippen LogP contribution in [0, 0.1) is 6.92 Å². The predicted molar refractivity (Wildman–Crippen MR) is 112 cm³/mol. The number of aryl methyl sites for hydroxylation is 1. The molecule has 1 aliphatic rings. The fourth-order valence-electron chi connectivity index (χ4n) is 3.56. The lowest BCUT2D eigenvalue weighted by molar-refractivity contribution is 0.0702. The maximum absolute atomic E-state index is 13.2. The van der Waals surface area contributed by atoms with Gasteiger partial charge in [0, 0.05) is 36.4 Å². The summed E-state index contributed by atoms with van der Waals surface area (Å²) in [6.07, 6.45) is 5.72. The van der Waals surface area contributed by atoms with Crippen LogP contribution in [0.2, 0.25) is 0 Å². The summed E-state index contributed by atoms with van der Waals surface area (Å²) in [5.41, 5.74) is 1.71. The van der Waals surface area contributed by atoms with Crippen molar-refractivity contribution >= 4 is 28.6 Å². The summed E-state index contributed by atoms with van der Waals surface area (Å²) in [5.74, 6) is 1.24. The molecule has 5 heterocycles. The lowest BCUT2D eigenvalue weighted by Gasteiger charge is -2.30. The van der Waals surface area contributed by atoms with Crippen molar-refractivity contribution in [3.63, 3.8) is 0 Å². The van der Waals surface area contributed by atoms with Crippen molar-refractivity contribution in [3.05, 3.63) is 57.8 Å². The van der Waals surface area contributed by atoms with Gasteiger partial charge in [-0.05, 0) is 43.3 Å². The fourth-order valence-corrected chi connectivity index (χ4v) is 5.19. The number of rotatable bonds is 4. The Labute approximate surface area is 175 Å². The number of thiophene rings is 1. The highest BCUT2D eigenvalue weighted by Crippen LogP contribution is 2.31. The van der Waals surface area contributed by atoms with E-state index in [4.69, 9.17) is 4.42 Å². The average Bonchev–Trinajstić information content (AvgIpc) is 3.54. The number of hydrogen-bond donors (Lipinski definition) is 0. The number of piperidine rings is 1. The van der Waals surface area contributed by atoms with Gasteiger partial charge in [-0.25, -0.2) is 4.98 Å². The number of hydrogen-bond acceptors (Lipinski definition) is 7. The third kappa shape index (κ3) is 3.51. The molecule has 4 aromatic heterocycles. The number of nitrogens with zero attached hydrogens (tertiary/aromatic N) is 5. The summed E-state index contributed by atoms with van der Waals surface area (Å²) in [5, 5.41) is 13.2. The molecule has 9 heteroatoms. The second kappa shape index (κ2) is 7.57. The summed E-state index contributed by atoms with van der Waals surface area (Å²) in [6, 6.07) is 5.86. The second-order valence-corrected chi connectivity index (χ2v) is 8.81. The third-order valence-corrected chi connectivity index (χ3v) is 6.91. The number of carbonyl (C=O) groups excluding carboxylic acids is 1. The maximum atomic E-state index is 13.2. The van der Waals surface area contributed by atoms with Crippen LogP contribution in [0.4, 0.5) is 0 Å². The van der Waals surface area contributed by atoms with E-state index in [2.05, 4.69) is 15.2 Å². The Hall–Kier alpha value is -2.78. The minimum absolute atomic E-state index is 0.0284. The Kier molecular flexibility index (Phi) is 4.76. The van der Waals surface area contributed by atoms with Crippen molar-refractivity contribution in [2.45, 2.75) is 25.7 Å². The lowest BCUT2D eigenvalue weighted by Crippen LogP contribution is -2.39. The minimum Gasteiger partial charge on any atom is -0.420 e. The second-order valence-electron chi connectivity index (χ2n) is 7.05. The Bertz CT molecular complexity index is 1110. The molecule has 4 aromatic rings. The zero-order chi connectivity index (χ0) is 19.8. The Morgan fingerprint density at radius 3 is 2.93 bits per heavy atom. The van der Waals surface area contributed by atoms with Gasteiger partial charge in [0.1, 0.15) is 4.88 Å². The van der Waals surface area contributed by atoms with E-state index in [9.17, 15) is 4.79 Å². The largest absolute Gasteiger partial charge is 0.420 e. The Morgan fingerprint density at radius 2 is 2.14 bits per heavy atom. The summed E-state index contributed by atoms with van der Waals surface area (Å²) < 4.78 is 7.84. The van der Waals surface area contributed by atoms with E-state index in [0.717, 1.165) is 35.8 Å². The first-order chi connectivity index (χ1) is 14.2. The minimum atomic E-state index is 0.0284. The van der Waals surface area contributed by atoms with Crippen molar-refractivity contribution in [3.8, 4) is 16.6 Å². The fraction of sp³-hybridized carbons (Fsp3) is 0.300. The number of amides is 1. The zero-order valence-corrected chi connectivity index (χ0v) is 17.4. The van der Waals surface area contributed by atoms with Crippen LogP contribution in [-0.4, -0.2) is 43.6 Å². The van der Waals surface area contributed by atoms with Crippen molar-refractivity contribution in [2.24, 2.45) is 0 Å². The first kappa shape index (κ1) is 18.3. The quantitative estimate of drug-likeness (QED) is 0.485. The summed E-state index contributed by atoms with van der Waals surface area (Å²) in [4.78, 5) is 20.4.